The summed E-state index contributed by atoms with van der Waals surface area (Å²) in [5.41, 5.74) is 2.68. The number of hydrogen-bond donors (Lipinski definition) is 1. The van der Waals surface area contributed by atoms with Gasteiger partial charge in [0, 0.05) is 35.4 Å². The van der Waals surface area contributed by atoms with Crippen LogP contribution < -0.4 is 20.8 Å². The molecule has 1 aliphatic rings. The Morgan fingerprint density at radius 3 is 2.69 bits per heavy atom. The second-order valence-corrected chi connectivity index (χ2v) is 6.38. The molecular formula is C19H20NO6-. The van der Waals surface area contributed by atoms with Crippen molar-refractivity contribution in [3.05, 3.63) is 39.2 Å². The van der Waals surface area contributed by atoms with Crippen molar-refractivity contribution < 1.29 is 23.8 Å². The van der Waals surface area contributed by atoms with E-state index in [4.69, 9.17) is 9.15 Å². The highest BCUT2D eigenvalue weighted by atomic mass is 16.5. The molecule has 1 amide bonds. The average Bonchev–Trinajstić information content (AvgIpc) is 2.62. The lowest BCUT2D eigenvalue weighted by Gasteiger charge is -2.18. The number of carboxylic acid groups (broad SMARTS) is 1. The molecule has 3 rings (SSSR count). The number of aryl methyl sites for hydroxylation is 2. The highest BCUT2D eigenvalue weighted by Gasteiger charge is 2.20. The van der Waals surface area contributed by atoms with E-state index in [0.717, 1.165) is 42.2 Å². The zero-order chi connectivity index (χ0) is 18.7. The number of nitrogens with one attached hydrogen (secondary N) is 1. The topological polar surface area (TPSA) is 109 Å². The van der Waals surface area contributed by atoms with Gasteiger partial charge >= 0.3 is 5.63 Å². The summed E-state index contributed by atoms with van der Waals surface area (Å²) in [6.45, 7) is 1.51. The number of benzene rings is 1. The van der Waals surface area contributed by atoms with Crippen molar-refractivity contribution in [1.82, 2.24) is 5.32 Å². The van der Waals surface area contributed by atoms with E-state index < -0.39 is 11.9 Å². The number of fused-ring (bicyclic) bond motifs is 3. The van der Waals surface area contributed by atoms with Crippen molar-refractivity contribution in [2.24, 2.45) is 0 Å². The predicted molar refractivity (Wildman–Crippen MR) is 92.0 cm³/mol. The number of carbonyl (C=O) groups is 2. The fourth-order valence-corrected chi connectivity index (χ4v) is 3.28. The van der Waals surface area contributed by atoms with Crippen molar-refractivity contribution >= 4 is 22.8 Å². The Kier molecular flexibility index (Phi) is 5.25. The molecule has 1 heterocycles. The van der Waals surface area contributed by atoms with Gasteiger partial charge in [-0.3, -0.25) is 4.79 Å². The number of carbonyl (C=O) groups excluding carboxylic acids is 2. The quantitative estimate of drug-likeness (QED) is 0.758. The van der Waals surface area contributed by atoms with Crippen molar-refractivity contribution in [2.45, 2.75) is 39.0 Å². The molecule has 2 aromatic rings. The molecule has 0 aliphatic heterocycles. The molecule has 138 valence electrons. The zero-order valence-electron chi connectivity index (χ0n) is 14.6. The molecular weight excluding hydrogens is 338 g/mol. The lowest BCUT2D eigenvalue weighted by molar-refractivity contribution is -0.305. The summed E-state index contributed by atoms with van der Waals surface area (Å²) in [5, 5.41) is 13.7. The molecule has 26 heavy (non-hydrogen) atoms. The van der Waals surface area contributed by atoms with Gasteiger partial charge in [0.1, 0.15) is 11.3 Å². The van der Waals surface area contributed by atoms with E-state index in [-0.39, 0.29) is 25.2 Å². The van der Waals surface area contributed by atoms with Crippen LogP contribution in [0.5, 0.6) is 5.75 Å². The molecule has 0 saturated heterocycles. The van der Waals surface area contributed by atoms with E-state index in [9.17, 15) is 19.5 Å². The maximum atomic E-state index is 12.3. The normalized spacial score (nSPS) is 13.3. The van der Waals surface area contributed by atoms with E-state index in [1.165, 1.54) is 0 Å². The number of amides is 1. The van der Waals surface area contributed by atoms with Gasteiger partial charge < -0.3 is 24.4 Å². The van der Waals surface area contributed by atoms with Crippen LogP contribution in [0.4, 0.5) is 0 Å². The van der Waals surface area contributed by atoms with Gasteiger partial charge in [0.2, 0.25) is 0 Å². The van der Waals surface area contributed by atoms with Crippen LogP contribution >= 0.6 is 0 Å². The van der Waals surface area contributed by atoms with Crippen molar-refractivity contribution in [3.8, 4) is 5.75 Å². The Labute approximate surface area is 150 Å². The van der Waals surface area contributed by atoms with E-state index >= 15 is 0 Å². The maximum absolute atomic E-state index is 12.3. The monoisotopic (exact) mass is 358 g/mol. The summed E-state index contributed by atoms with van der Waals surface area (Å²) in [7, 11) is 0. The molecule has 0 unspecified atom stereocenters. The van der Waals surface area contributed by atoms with Crippen molar-refractivity contribution in [2.75, 3.05) is 13.2 Å². The van der Waals surface area contributed by atoms with Crippen LogP contribution in [-0.4, -0.2) is 25.0 Å². The second-order valence-electron chi connectivity index (χ2n) is 6.38. The molecule has 0 bridgehead atoms. The van der Waals surface area contributed by atoms with Crippen LogP contribution in [0.1, 0.15) is 36.0 Å². The van der Waals surface area contributed by atoms with Gasteiger partial charge in [0.15, 0.2) is 6.61 Å². The summed E-state index contributed by atoms with van der Waals surface area (Å²) in [5.74, 6) is -1.21. The number of hydrogen-bond acceptors (Lipinski definition) is 6. The molecule has 0 radical (unpaired) electrons. The molecule has 1 aliphatic carbocycles. The molecule has 7 heteroatoms. The number of rotatable bonds is 6. The Hall–Kier alpha value is -2.83. The number of ether oxygens (including phenoxy) is 1. The third-order valence-corrected chi connectivity index (χ3v) is 4.60. The maximum Gasteiger partial charge on any atom is 0.339 e. The van der Waals surface area contributed by atoms with Gasteiger partial charge in [0.05, 0.1) is 0 Å². The highest BCUT2D eigenvalue weighted by Crippen LogP contribution is 2.32. The third kappa shape index (κ3) is 3.71. The number of carboxylic acids is 1. The first kappa shape index (κ1) is 18.0. The highest BCUT2D eigenvalue weighted by molar-refractivity contribution is 5.86. The van der Waals surface area contributed by atoms with Crippen LogP contribution in [0.25, 0.3) is 11.0 Å². The van der Waals surface area contributed by atoms with Gasteiger partial charge in [-0.1, -0.05) is 0 Å². The summed E-state index contributed by atoms with van der Waals surface area (Å²) in [4.78, 5) is 34.3. The predicted octanol–water partition coefficient (Wildman–Crippen LogP) is 0.615. The van der Waals surface area contributed by atoms with Crippen LogP contribution in [-0.2, 0) is 22.4 Å². The lowest BCUT2D eigenvalue weighted by atomic mass is 9.90. The van der Waals surface area contributed by atoms with Gasteiger partial charge in [0.25, 0.3) is 5.91 Å². The molecule has 7 nitrogen and oxygen atoms in total. The van der Waals surface area contributed by atoms with Gasteiger partial charge in [-0.25, -0.2) is 4.79 Å². The SMILES string of the molecule is Cc1c(OCC(=O)NCCC(=O)[O-])ccc2c3c(c(=O)oc12)CCCC3. The van der Waals surface area contributed by atoms with E-state index in [0.29, 0.717) is 16.9 Å². The number of aliphatic carboxylic acids is 1. The Bertz CT molecular complexity index is 914. The van der Waals surface area contributed by atoms with E-state index in [1.807, 2.05) is 6.07 Å². The van der Waals surface area contributed by atoms with Gasteiger partial charge in [-0.05, 0) is 50.3 Å². The summed E-state index contributed by atoms with van der Waals surface area (Å²) < 4.78 is 11.0. The van der Waals surface area contributed by atoms with E-state index in [1.54, 1.807) is 13.0 Å². The first-order valence-corrected chi connectivity index (χ1v) is 8.65. The lowest BCUT2D eigenvalue weighted by Crippen LogP contribution is -2.33. The van der Waals surface area contributed by atoms with Crippen molar-refractivity contribution in [1.29, 1.82) is 0 Å². The molecule has 1 aromatic heterocycles. The molecule has 1 aromatic carbocycles. The van der Waals surface area contributed by atoms with Crippen LogP contribution in [0.3, 0.4) is 0 Å². The molecule has 0 atom stereocenters. The first-order chi connectivity index (χ1) is 12.5. The Morgan fingerprint density at radius 1 is 1.23 bits per heavy atom. The summed E-state index contributed by atoms with van der Waals surface area (Å²) in [6, 6.07) is 3.62. The fourth-order valence-electron chi connectivity index (χ4n) is 3.28. The minimum Gasteiger partial charge on any atom is -0.550 e. The standard InChI is InChI=1S/C19H21NO6/c1-11-15(25-10-16(21)20-9-8-17(22)23)7-6-13-12-4-2-3-5-14(12)19(24)26-18(11)13/h6-7H,2-5,8-10H2,1H3,(H,20,21)(H,22,23)/p-1. The van der Waals surface area contributed by atoms with E-state index in [2.05, 4.69) is 5.32 Å². The average molecular weight is 358 g/mol. The fraction of sp³-hybridized carbons (Fsp3) is 0.421. The molecule has 0 saturated carbocycles. The van der Waals surface area contributed by atoms with Crippen LogP contribution in [0.15, 0.2) is 21.3 Å². The summed E-state index contributed by atoms with van der Waals surface area (Å²) >= 11 is 0. The van der Waals surface area contributed by atoms with Gasteiger partial charge in [-0.15, -0.1) is 0 Å². The third-order valence-electron chi connectivity index (χ3n) is 4.60. The summed E-state index contributed by atoms with van der Waals surface area (Å²) in [6.07, 6.45) is 3.40. The van der Waals surface area contributed by atoms with Gasteiger partial charge in [-0.2, -0.15) is 0 Å². The minimum atomic E-state index is -1.23. The second kappa shape index (κ2) is 7.59. The van der Waals surface area contributed by atoms with Crippen LogP contribution in [0, 0.1) is 6.92 Å². The largest absolute Gasteiger partial charge is 0.550 e. The Balaban J connectivity index is 1.78. The zero-order valence-corrected chi connectivity index (χ0v) is 14.6. The first-order valence-electron chi connectivity index (χ1n) is 8.65. The smallest absolute Gasteiger partial charge is 0.339 e. The van der Waals surface area contributed by atoms with Crippen molar-refractivity contribution in [3.63, 3.8) is 0 Å². The molecule has 0 spiro atoms. The minimum absolute atomic E-state index is 0.0117. The molecule has 0 fully saturated rings. The van der Waals surface area contributed by atoms with Crippen LogP contribution in [0.2, 0.25) is 0 Å². The molecule has 1 N–H and O–H groups in total. The Morgan fingerprint density at radius 2 is 1.96 bits per heavy atom.